The minimum atomic E-state index is -3.98. The van der Waals surface area contributed by atoms with Gasteiger partial charge in [0.25, 0.3) is 0 Å². The number of ketones is 3. The van der Waals surface area contributed by atoms with E-state index in [1.807, 2.05) is 0 Å². The van der Waals surface area contributed by atoms with Gasteiger partial charge in [-0.1, -0.05) is 6.07 Å². The van der Waals surface area contributed by atoms with E-state index < -0.39 is 26.3 Å². The van der Waals surface area contributed by atoms with Gasteiger partial charge in [-0.25, -0.2) is 13.1 Å². The largest absolute Gasteiger partial charge is 0.497 e. The van der Waals surface area contributed by atoms with Gasteiger partial charge in [-0.05, 0) is 57.2 Å². The number of Topliss-reactive ketones (excluding diaryl/α,β-unsaturated/α-hetero) is 2. The van der Waals surface area contributed by atoms with E-state index in [1.165, 1.54) is 50.9 Å². The summed E-state index contributed by atoms with van der Waals surface area (Å²) in [6.07, 6.45) is 0. The molecule has 0 N–H and O–H groups in total. The van der Waals surface area contributed by atoms with Crippen molar-refractivity contribution in [1.82, 2.24) is 9.78 Å². The van der Waals surface area contributed by atoms with Crippen molar-refractivity contribution in [2.24, 2.45) is 7.05 Å². The SMILES string of the molecule is COc1ccc(C(=O)COc2c(C(=O)c3ccc4c(c3)N(C)S(=O)(=O)C(C)(C)C4=O)c(C)nn2C)cc1. The standard InChI is InChI=1S/C26H27N3O7S/c1-15-22(25(28(4)27-15)36-14-21(30)16-7-10-18(35-6)11-8-16)23(31)17-9-12-19-20(13-17)29(5)37(33,34)26(2,3)24(19)32/h7-13H,14H2,1-6H3. The highest BCUT2D eigenvalue weighted by Crippen LogP contribution is 2.39. The molecule has 0 spiro atoms. The van der Waals surface area contributed by atoms with E-state index in [-0.39, 0.29) is 40.6 Å². The number of sulfonamides is 1. The Morgan fingerprint density at radius 2 is 1.65 bits per heavy atom. The van der Waals surface area contributed by atoms with Gasteiger partial charge in [0.1, 0.15) is 16.1 Å². The molecule has 1 aromatic heterocycles. The van der Waals surface area contributed by atoms with Gasteiger partial charge in [-0.3, -0.25) is 18.7 Å². The molecule has 0 fully saturated rings. The number of benzene rings is 2. The molecular weight excluding hydrogens is 498 g/mol. The van der Waals surface area contributed by atoms with Crippen molar-refractivity contribution in [2.45, 2.75) is 25.5 Å². The van der Waals surface area contributed by atoms with Crippen molar-refractivity contribution < 1.29 is 32.3 Å². The van der Waals surface area contributed by atoms with Crippen molar-refractivity contribution >= 4 is 33.1 Å². The first-order valence-electron chi connectivity index (χ1n) is 11.4. The molecule has 2 heterocycles. The Morgan fingerprint density at radius 1 is 1.03 bits per heavy atom. The summed E-state index contributed by atoms with van der Waals surface area (Å²) in [5, 5.41) is 4.27. The molecule has 4 rings (SSSR count). The zero-order valence-electron chi connectivity index (χ0n) is 21.4. The van der Waals surface area contributed by atoms with Gasteiger partial charge in [0, 0.05) is 30.8 Å². The van der Waals surface area contributed by atoms with Crippen LogP contribution in [0, 0.1) is 6.92 Å². The number of methoxy groups -OCH3 is 1. The summed E-state index contributed by atoms with van der Waals surface area (Å²) >= 11 is 0. The van der Waals surface area contributed by atoms with Crippen molar-refractivity contribution in [3.63, 3.8) is 0 Å². The van der Waals surface area contributed by atoms with E-state index in [2.05, 4.69) is 5.10 Å². The Bertz CT molecular complexity index is 1540. The average molecular weight is 526 g/mol. The van der Waals surface area contributed by atoms with Crippen LogP contribution in [0.3, 0.4) is 0 Å². The number of hydrogen-bond donors (Lipinski definition) is 0. The molecule has 10 nitrogen and oxygen atoms in total. The molecule has 3 aromatic rings. The number of aryl methyl sites for hydroxylation is 2. The van der Waals surface area contributed by atoms with Gasteiger partial charge in [-0.15, -0.1) is 0 Å². The molecule has 0 saturated carbocycles. The monoisotopic (exact) mass is 525 g/mol. The quantitative estimate of drug-likeness (QED) is 0.431. The van der Waals surface area contributed by atoms with Crippen LogP contribution in [0.15, 0.2) is 42.5 Å². The van der Waals surface area contributed by atoms with Crippen molar-refractivity contribution in [2.75, 3.05) is 25.1 Å². The van der Waals surface area contributed by atoms with Gasteiger partial charge in [0.15, 0.2) is 24.0 Å². The molecule has 0 unspecified atom stereocenters. The lowest BCUT2D eigenvalue weighted by Gasteiger charge is -2.36. The molecule has 0 aliphatic carbocycles. The minimum absolute atomic E-state index is 0.0975. The maximum atomic E-state index is 13.6. The van der Waals surface area contributed by atoms with Crippen LogP contribution in [0.2, 0.25) is 0 Å². The lowest BCUT2D eigenvalue weighted by molar-refractivity contribution is 0.0907. The molecule has 194 valence electrons. The van der Waals surface area contributed by atoms with Crippen molar-refractivity contribution in [1.29, 1.82) is 0 Å². The van der Waals surface area contributed by atoms with Crippen LogP contribution >= 0.6 is 0 Å². The van der Waals surface area contributed by atoms with E-state index >= 15 is 0 Å². The molecule has 0 saturated heterocycles. The van der Waals surface area contributed by atoms with Crippen LogP contribution in [-0.4, -0.2) is 61.1 Å². The Balaban J connectivity index is 1.65. The molecule has 37 heavy (non-hydrogen) atoms. The summed E-state index contributed by atoms with van der Waals surface area (Å²) in [5.41, 5.74) is 1.40. The van der Waals surface area contributed by atoms with Crippen LogP contribution in [0.1, 0.15) is 56.2 Å². The Hall–Kier alpha value is -3.99. The van der Waals surface area contributed by atoms with Crippen LogP contribution in [0.5, 0.6) is 11.6 Å². The fourth-order valence-corrected chi connectivity index (χ4v) is 5.68. The van der Waals surface area contributed by atoms with E-state index in [1.54, 1.807) is 38.2 Å². The normalized spacial score (nSPS) is 15.7. The third kappa shape index (κ3) is 4.18. The number of aromatic nitrogens is 2. The third-order valence-corrected chi connectivity index (χ3v) is 8.94. The summed E-state index contributed by atoms with van der Waals surface area (Å²) in [4.78, 5) is 39.1. The number of rotatable bonds is 7. The van der Waals surface area contributed by atoms with E-state index in [0.29, 0.717) is 17.0 Å². The van der Waals surface area contributed by atoms with Crippen molar-refractivity contribution in [3.05, 3.63) is 70.4 Å². The van der Waals surface area contributed by atoms with E-state index in [0.717, 1.165) is 4.31 Å². The van der Waals surface area contributed by atoms with Crippen LogP contribution in [0.25, 0.3) is 0 Å². The third-order valence-electron chi connectivity index (χ3n) is 6.54. The zero-order chi connectivity index (χ0) is 27.3. The summed E-state index contributed by atoms with van der Waals surface area (Å²) in [6, 6.07) is 10.9. The van der Waals surface area contributed by atoms with Gasteiger partial charge in [0.05, 0.1) is 18.5 Å². The summed E-state index contributed by atoms with van der Waals surface area (Å²) in [7, 11) is 0.485. The minimum Gasteiger partial charge on any atom is -0.497 e. The topological polar surface area (TPSA) is 125 Å². The molecule has 1 aliphatic rings. The fraction of sp³-hybridized carbons (Fsp3) is 0.308. The van der Waals surface area contributed by atoms with Gasteiger partial charge >= 0.3 is 0 Å². The first-order chi connectivity index (χ1) is 17.3. The summed E-state index contributed by atoms with van der Waals surface area (Å²) in [5.74, 6) is -0.620. The number of carbonyl (C=O) groups is 3. The molecular formula is C26H27N3O7S. The highest BCUT2D eigenvalue weighted by molar-refractivity contribution is 7.95. The Labute approximate surface area is 214 Å². The van der Waals surface area contributed by atoms with Gasteiger partial charge in [0.2, 0.25) is 15.9 Å². The van der Waals surface area contributed by atoms with Crippen LogP contribution < -0.4 is 13.8 Å². The number of carbonyl (C=O) groups excluding carboxylic acids is 3. The Morgan fingerprint density at radius 3 is 2.27 bits per heavy atom. The maximum absolute atomic E-state index is 13.6. The predicted molar refractivity (Wildman–Crippen MR) is 136 cm³/mol. The lowest BCUT2D eigenvalue weighted by atomic mass is 9.94. The van der Waals surface area contributed by atoms with Gasteiger partial charge in [-0.2, -0.15) is 5.10 Å². The van der Waals surface area contributed by atoms with E-state index in [9.17, 15) is 22.8 Å². The van der Waals surface area contributed by atoms with Crippen molar-refractivity contribution in [3.8, 4) is 11.6 Å². The molecule has 2 aromatic carbocycles. The summed E-state index contributed by atoms with van der Waals surface area (Å²) in [6.45, 7) is 4.02. The molecule has 0 amide bonds. The highest BCUT2D eigenvalue weighted by Gasteiger charge is 2.50. The first kappa shape index (κ1) is 26.1. The number of nitrogens with zero attached hydrogens (tertiary/aromatic N) is 3. The second-order valence-electron chi connectivity index (χ2n) is 9.20. The molecule has 0 atom stereocenters. The second-order valence-corrected chi connectivity index (χ2v) is 11.7. The first-order valence-corrected chi connectivity index (χ1v) is 12.8. The second kappa shape index (κ2) is 9.15. The van der Waals surface area contributed by atoms with Gasteiger partial charge < -0.3 is 9.47 Å². The zero-order valence-corrected chi connectivity index (χ0v) is 22.2. The molecule has 0 radical (unpaired) electrons. The van der Waals surface area contributed by atoms with Crippen LogP contribution in [0.4, 0.5) is 5.69 Å². The molecule has 0 bridgehead atoms. The predicted octanol–water partition coefficient (Wildman–Crippen LogP) is 2.97. The lowest BCUT2D eigenvalue weighted by Crippen LogP contribution is -2.52. The number of fused-ring (bicyclic) bond motifs is 1. The van der Waals surface area contributed by atoms with E-state index in [4.69, 9.17) is 9.47 Å². The number of anilines is 1. The molecule has 1 aliphatic heterocycles. The van der Waals surface area contributed by atoms with Crippen LogP contribution in [-0.2, 0) is 17.1 Å². The fourth-order valence-electron chi connectivity index (χ4n) is 4.24. The number of ether oxygens (including phenoxy) is 2. The highest BCUT2D eigenvalue weighted by atomic mass is 32.2. The summed E-state index contributed by atoms with van der Waals surface area (Å²) < 4.78 is 37.5. The smallest absolute Gasteiger partial charge is 0.247 e. The molecule has 11 heteroatoms. The number of hydrogen-bond acceptors (Lipinski definition) is 8. The maximum Gasteiger partial charge on any atom is 0.247 e. The average Bonchev–Trinajstić information content (AvgIpc) is 3.16. The Kier molecular flexibility index (Phi) is 6.45.